The van der Waals surface area contributed by atoms with Crippen LogP contribution in [0.4, 0.5) is 5.69 Å². The fraction of sp³-hybridized carbons (Fsp3) is 0.318. The van der Waals surface area contributed by atoms with Gasteiger partial charge in [0.05, 0.1) is 16.4 Å². The lowest BCUT2D eigenvalue weighted by Gasteiger charge is -2.26. The number of nitrogens with one attached hydrogen (secondary N) is 1. The summed E-state index contributed by atoms with van der Waals surface area (Å²) in [5, 5.41) is 2.83. The highest BCUT2D eigenvalue weighted by atomic mass is 32.2. The van der Waals surface area contributed by atoms with Gasteiger partial charge in [-0.05, 0) is 42.7 Å². The van der Waals surface area contributed by atoms with E-state index in [1.54, 1.807) is 36.0 Å². The summed E-state index contributed by atoms with van der Waals surface area (Å²) in [5.41, 5.74) is 1.46. The van der Waals surface area contributed by atoms with E-state index in [1.165, 1.54) is 4.31 Å². The number of carbonyl (C=O) groups is 1. The number of benzene rings is 2. The largest absolute Gasteiger partial charge is 0.486 e. The Morgan fingerprint density at radius 3 is 2.37 bits per heavy atom. The summed E-state index contributed by atoms with van der Waals surface area (Å²) in [6, 6.07) is 16.0. The molecule has 1 N–H and O–H groups in total. The monoisotopic (exact) mass is 444 g/mol. The van der Waals surface area contributed by atoms with Gasteiger partial charge in [-0.1, -0.05) is 36.8 Å². The minimum absolute atomic E-state index is 0.246. The van der Waals surface area contributed by atoms with Gasteiger partial charge in [0.25, 0.3) is 5.91 Å². The second-order valence-corrected chi connectivity index (χ2v) is 10.2. The molecular weight excluding hydrogens is 420 g/mol. The zero-order valence-corrected chi connectivity index (χ0v) is 18.2. The van der Waals surface area contributed by atoms with E-state index < -0.39 is 10.0 Å². The van der Waals surface area contributed by atoms with Crippen molar-refractivity contribution in [2.24, 2.45) is 0 Å². The third-order valence-corrected chi connectivity index (χ3v) is 8.08. The number of hydrogen-bond acceptors (Lipinski definition) is 5. The van der Waals surface area contributed by atoms with Gasteiger partial charge in [-0.15, -0.1) is 11.8 Å². The van der Waals surface area contributed by atoms with Crippen molar-refractivity contribution in [3.63, 3.8) is 0 Å². The third-order valence-electron chi connectivity index (χ3n) is 5.09. The molecule has 2 aliphatic rings. The molecule has 0 radical (unpaired) electrons. The van der Waals surface area contributed by atoms with Crippen LogP contribution in [0.1, 0.15) is 24.8 Å². The molecule has 1 saturated heterocycles. The number of hydrogen-bond donors (Lipinski definition) is 1. The molecule has 0 atom stereocenters. The molecule has 0 spiro atoms. The van der Waals surface area contributed by atoms with Crippen molar-refractivity contribution in [2.75, 3.05) is 30.8 Å². The fourth-order valence-electron chi connectivity index (χ4n) is 3.54. The van der Waals surface area contributed by atoms with Crippen molar-refractivity contribution >= 4 is 38.3 Å². The quantitative estimate of drug-likeness (QED) is 0.756. The van der Waals surface area contributed by atoms with E-state index in [0.29, 0.717) is 31.1 Å². The minimum atomic E-state index is -3.49. The van der Waals surface area contributed by atoms with Gasteiger partial charge in [-0.25, -0.2) is 8.42 Å². The molecule has 0 aromatic heterocycles. The predicted molar refractivity (Wildman–Crippen MR) is 119 cm³/mol. The number of carbonyl (C=O) groups excluding carboxylic acids is 1. The maximum Gasteiger partial charge on any atom is 0.291 e. The standard InChI is InChI=1S/C22H24N2O4S2/c25-22(20-21(29-16-15-28-20)17-7-3-1-4-8-17)23-18-9-11-19(12-10-18)30(26,27)24-13-5-2-6-14-24/h1,3-4,7-12H,2,5-6,13-16H2,(H,23,25). The van der Waals surface area contributed by atoms with Crippen LogP contribution in [-0.2, 0) is 19.6 Å². The number of rotatable bonds is 5. The summed E-state index contributed by atoms with van der Waals surface area (Å²) >= 11 is 1.59. The Kier molecular flexibility index (Phi) is 6.46. The molecule has 0 bridgehead atoms. The van der Waals surface area contributed by atoms with E-state index in [9.17, 15) is 13.2 Å². The van der Waals surface area contributed by atoms with Crippen LogP contribution in [-0.4, -0.2) is 44.1 Å². The highest BCUT2D eigenvalue weighted by Gasteiger charge is 2.26. The Bertz CT molecular complexity index is 1030. The molecule has 0 saturated carbocycles. The third kappa shape index (κ3) is 4.55. The number of anilines is 1. The first-order chi connectivity index (χ1) is 14.6. The number of thioether (sulfide) groups is 1. The summed E-state index contributed by atoms with van der Waals surface area (Å²) in [5.74, 6) is 0.736. The summed E-state index contributed by atoms with van der Waals surface area (Å²) in [6.07, 6.45) is 2.85. The number of sulfonamides is 1. The Hall–Kier alpha value is -2.29. The van der Waals surface area contributed by atoms with Crippen LogP contribution < -0.4 is 5.32 Å². The first-order valence-electron chi connectivity index (χ1n) is 10.0. The van der Waals surface area contributed by atoms with E-state index in [2.05, 4.69) is 5.32 Å². The fourth-order valence-corrected chi connectivity index (χ4v) is 6.02. The van der Waals surface area contributed by atoms with E-state index in [0.717, 1.165) is 35.5 Å². The summed E-state index contributed by atoms with van der Waals surface area (Å²) in [4.78, 5) is 13.9. The summed E-state index contributed by atoms with van der Waals surface area (Å²) < 4.78 is 32.8. The Morgan fingerprint density at radius 1 is 0.967 bits per heavy atom. The molecule has 8 heteroatoms. The maximum atomic E-state index is 12.8. The Morgan fingerprint density at radius 2 is 1.67 bits per heavy atom. The highest BCUT2D eigenvalue weighted by molar-refractivity contribution is 8.08. The van der Waals surface area contributed by atoms with Crippen LogP contribution in [0, 0.1) is 0 Å². The normalized spacial score (nSPS) is 18.0. The van der Waals surface area contributed by atoms with E-state index in [-0.39, 0.29) is 10.8 Å². The first kappa shape index (κ1) is 21.0. The average Bonchev–Trinajstić information content (AvgIpc) is 2.80. The van der Waals surface area contributed by atoms with Gasteiger partial charge in [0.15, 0.2) is 5.76 Å². The SMILES string of the molecule is O=C(Nc1ccc(S(=O)(=O)N2CCCCC2)cc1)C1=C(c2ccccc2)SCCO1. The smallest absolute Gasteiger partial charge is 0.291 e. The zero-order chi connectivity index (χ0) is 21.0. The van der Waals surface area contributed by atoms with Gasteiger partial charge in [-0.3, -0.25) is 4.79 Å². The number of ether oxygens (including phenoxy) is 1. The van der Waals surface area contributed by atoms with E-state index >= 15 is 0 Å². The first-order valence-corrected chi connectivity index (χ1v) is 12.4. The second-order valence-electron chi connectivity index (χ2n) is 7.16. The molecule has 1 amide bonds. The summed E-state index contributed by atoms with van der Waals surface area (Å²) in [6.45, 7) is 1.59. The zero-order valence-electron chi connectivity index (χ0n) is 16.5. The van der Waals surface area contributed by atoms with Crippen molar-refractivity contribution in [1.82, 2.24) is 4.31 Å². The Labute approximate surface area is 181 Å². The van der Waals surface area contributed by atoms with Crippen molar-refractivity contribution in [1.29, 1.82) is 0 Å². The molecule has 0 aliphatic carbocycles. The lowest BCUT2D eigenvalue weighted by molar-refractivity contribution is -0.115. The molecule has 4 rings (SSSR count). The van der Waals surface area contributed by atoms with Gasteiger partial charge in [0, 0.05) is 24.5 Å². The van der Waals surface area contributed by atoms with Crippen molar-refractivity contribution < 1.29 is 17.9 Å². The van der Waals surface area contributed by atoms with Crippen LogP contribution in [0.15, 0.2) is 65.3 Å². The van der Waals surface area contributed by atoms with E-state index in [1.807, 2.05) is 30.3 Å². The molecule has 1 fully saturated rings. The lowest BCUT2D eigenvalue weighted by Crippen LogP contribution is -2.35. The highest BCUT2D eigenvalue weighted by Crippen LogP contribution is 2.35. The van der Waals surface area contributed by atoms with Crippen molar-refractivity contribution in [2.45, 2.75) is 24.2 Å². The molecule has 6 nitrogen and oxygen atoms in total. The molecule has 0 unspecified atom stereocenters. The summed E-state index contributed by atoms with van der Waals surface area (Å²) in [7, 11) is -3.49. The van der Waals surface area contributed by atoms with Gasteiger partial charge in [0.1, 0.15) is 0 Å². The van der Waals surface area contributed by atoms with Crippen LogP contribution in [0.3, 0.4) is 0 Å². The molecule has 2 aliphatic heterocycles. The van der Waals surface area contributed by atoms with Crippen LogP contribution in [0.5, 0.6) is 0 Å². The Balaban J connectivity index is 1.51. The van der Waals surface area contributed by atoms with Crippen LogP contribution in [0.2, 0.25) is 0 Å². The molecule has 2 aromatic carbocycles. The topological polar surface area (TPSA) is 75.7 Å². The second kappa shape index (κ2) is 9.24. The maximum absolute atomic E-state index is 12.8. The van der Waals surface area contributed by atoms with Gasteiger partial charge >= 0.3 is 0 Å². The van der Waals surface area contributed by atoms with Gasteiger partial charge < -0.3 is 10.1 Å². The number of amides is 1. The molecule has 30 heavy (non-hydrogen) atoms. The van der Waals surface area contributed by atoms with Crippen molar-refractivity contribution in [3.05, 3.63) is 65.9 Å². The number of nitrogens with zero attached hydrogens (tertiary/aromatic N) is 1. The number of piperidine rings is 1. The molecule has 2 aromatic rings. The minimum Gasteiger partial charge on any atom is -0.486 e. The average molecular weight is 445 g/mol. The molecular formula is C22H24N2O4S2. The van der Waals surface area contributed by atoms with Crippen LogP contribution in [0.25, 0.3) is 4.91 Å². The van der Waals surface area contributed by atoms with E-state index in [4.69, 9.17) is 4.74 Å². The lowest BCUT2D eigenvalue weighted by atomic mass is 10.2. The predicted octanol–water partition coefficient (Wildman–Crippen LogP) is 3.93. The van der Waals surface area contributed by atoms with Gasteiger partial charge in [0.2, 0.25) is 10.0 Å². The van der Waals surface area contributed by atoms with Gasteiger partial charge in [-0.2, -0.15) is 4.31 Å². The van der Waals surface area contributed by atoms with Crippen molar-refractivity contribution in [3.8, 4) is 0 Å². The molecule has 158 valence electrons. The molecule has 2 heterocycles. The van der Waals surface area contributed by atoms with Crippen LogP contribution >= 0.6 is 11.8 Å².